The van der Waals surface area contributed by atoms with Crippen molar-refractivity contribution in [3.63, 3.8) is 0 Å². The lowest BCUT2D eigenvalue weighted by molar-refractivity contribution is -0.117. The Kier molecular flexibility index (Phi) is 6.80. The molecule has 0 saturated heterocycles. The van der Waals surface area contributed by atoms with Crippen molar-refractivity contribution < 1.29 is 18.4 Å². The molecule has 2 aromatic rings. The van der Waals surface area contributed by atoms with Crippen molar-refractivity contribution in [3.8, 4) is 0 Å². The van der Waals surface area contributed by atoms with Gasteiger partial charge < -0.3 is 10.6 Å². The first-order chi connectivity index (χ1) is 15.4. The highest BCUT2D eigenvalue weighted by atomic mass is 35.5. The Morgan fingerprint density at radius 1 is 1.00 bits per heavy atom. The quantitative estimate of drug-likeness (QED) is 0.379. The molecule has 0 aromatic heterocycles. The first kappa shape index (κ1) is 24.8. The van der Waals surface area contributed by atoms with Crippen molar-refractivity contribution in [1.82, 2.24) is 5.32 Å². The third kappa shape index (κ3) is 5.35. The van der Waals surface area contributed by atoms with Crippen LogP contribution in [0.5, 0.6) is 0 Å². The van der Waals surface area contributed by atoms with Crippen molar-refractivity contribution in [2.75, 3.05) is 11.9 Å². The van der Waals surface area contributed by atoms with Crippen LogP contribution in [0.25, 0.3) is 0 Å². The normalized spacial score (nSPS) is 22.9. The zero-order valence-corrected chi connectivity index (χ0v) is 20.6. The highest BCUT2D eigenvalue weighted by Crippen LogP contribution is 2.65. The minimum absolute atomic E-state index is 0.109. The fraction of sp³-hybridized carbons (Fsp3) is 0.364. The second-order valence-corrected chi connectivity index (χ2v) is 11.1. The van der Waals surface area contributed by atoms with E-state index in [1.54, 1.807) is 18.2 Å². The molecule has 11 heteroatoms. The van der Waals surface area contributed by atoms with Gasteiger partial charge in [0.25, 0.3) is 5.91 Å². The maximum Gasteiger partial charge on any atom is 0.252 e. The number of anilines is 1. The van der Waals surface area contributed by atoms with Gasteiger partial charge in [-0.25, -0.2) is 8.78 Å². The molecule has 4 rings (SSSR count). The van der Waals surface area contributed by atoms with Crippen LogP contribution in [0.2, 0.25) is 15.1 Å². The van der Waals surface area contributed by atoms with Gasteiger partial charge in [0, 0.05) is 41.0 Å². The second kappa shape index (κ2) is 9.04. The van der Waals surface area contributed by atoms with E-state index in [-0.39, 0.29) is 35.9 Å². The maximum atomic E-state index is 13.0. The number of amides is 2. The highest BCUT2D eigenvalue weighted by molar-refractivity contribution is 6.53. The summed E-state index contributed by atoms with van der Waals surface area (Å²) in [5.41, 5.74) is 1.05. The summed E-state index contributed by atoms with van der Waals surface area (Å²) in [6.07, 6.45) is -0.508. The van der Waals surface area contributed by atoms with Crippen molar-refractivity contribution in [3.05, 3.63) is 62.6 Å². The van der Waals surface area contributed by atoms with E-state index in [0.29, 0.717) is 21.3 Å². The van der Waals surface area contributed by atoms with E-state index in [9.17, 15) is 18.4 Å². The molecule has 4 nitrogen and oxygen atoms in total. The van der Waals surface area contributed by atoms with Crippen molar-refractivity contribution >= 4 is 75.5 Å². The molecule has 2 fully saturated rings. The van der Waals surface area contributed by atoms with Crippen LogP contribution in [0.15, 0.2) is 36.4 Å². The molecule has 0 radical (unpaired) electrons. The van der Waals surface area contributed by atoms with Crippen LogP contribution in [-0.2, 0) is 4.79 Å². The lowest BCUT2D eigenvalue weighted by Gasteiger charge is -2.34. The highest BCUT2D eigenvalue weighted by Gasteiger charge is 2.67. The summed E-state index contributed by atoms with van der Waals surface area (Å²) in [6, 6.07) is 9.25. The van der Waals surface area contributed by atoms with Crippen LogP contribution < -0.4 is 10.6 Å². The minimum atomic E-state index is -2.66. The number of hydrogen-bond donors (Lipinski definition) is 2. The van der Waals surface area contributed by atoms with Crippen LogP contribution in [0, 0.1) is 11.8 Å². The zero-order chi connectivity index (χ0) is 24.1. The topological polar surface area (TPSA) is 58.2 Å². The predicted molar refractivity (Wildman–Crippen MR) is 127 cm³/mol. The molecule has 2 aliphatic rings. The Labute approximate surface area is 213 Å². The van der Waals surface area contributed by atoms with Crippen LogP contribution in [-0.4, -0.2) is 28.6 Å². The molecule has 2 N–H and O–H groups in total. The largest absolute Gasteiger partial charge is 0.352 e. The number of alkyl halides is 4. The van der Waals surface area contributed by atoms with E-state index in [1.807, 2.05) is 0 Å². The summed E-state index contributed by atoms with van der Waals surface area (Å²) >= 11 is 31.0. The summed E-state index contributed by atoms with van der Waals surface area (Å²) in [5.74, 6) is -5.21. The third-order valence-corrected chi connectivity index (χ3v) is 7.49. The van der Waals surface area contributed by atoms with Crippen molar-refractivity contribution in [1.29, 1.82) is 0 Å². The Morgan fingerprint density at radius 3 is 2.24 bits per heavy atom. The number of carbonyl (C=O) groups is 2. The molecule has 2 atom stereocenters. The van der Waals surface area contributed by atoms with E-state index >= 15 is 0 Å². The van der Waals surface area contributed by atoms with Crippen LogP contribution in [0.1, 0.15) is 34.7 Å². The van der Waals surface area contributed by atoms with Gasteiger partial charge in [-0.05, 0) is 47.9 Å². The first-order valence-electron chi connectivity index (χ1n) is 9.97. The van der Waals surface area contributed by atoms with E-state index in [2.05, 4.69) is 10.6 Å². The van der Waals surface area contributed by atoms with Gasteiger partial charge in [0.1, 0.15) is 4.33 Å². The standard InChI is InChI=1S/C22H17Cl5F2N2O2/c23-12-3-11(4-13(24)5-12)17-18(22(17,26)27)20(33)31-14-1-2-16(25)15(6-14)19(32)30-9-10-7-21(28,29)8-10/h1-6,10,17-18H,7-9H2,(H,30,32)(H,31,33). The van der Waals surface area contributed by atoms with Crippen LogP contribution in [0.4, 0.5) is 14.5 Å². The van der Waals surface area contributed by atoms with E-state index in [0.717, 1.165) is 0 Å². The lowest BCUT2D eigenvalue weighted by atomic mass is 9.81. The number of rotatable bonds is 6. The molecule has 0 spiro atoms. The molecule has 2 aliphatic carbocycles. The summed E-state index contributed by atoms with van der Waals surface area (Å²) in [4.78, 5) is 25.4. The predicted octanol–water partition coefficient (Wildman–Crippen LogP) is 6.95. The molecule has 33 heavy (non-hydrogen) atoms. The van der Waals surface area contributed by atoms with Gasteiger partial charge in [0.2, 0.25) is 11.8 Å². The SMILES string of the molecule is O=C(NCC1CC(F)(F)C1)c1cc(NC(=O)C2C(c3cc(Cl)cc(Cl)c3)C2(Cl)Cl)ccc1Cl. The first-order valence-corrected chi connectivity index (χ1v) is 11.9. The molecule has 2 aromatic carbocycles. The summed E-state index contributed by atoms with van der Waals surface area (Å²) in [7, 11) is 0. The Hall–Kier alpha value is -1.31. The maximum absolute atomic E-state index is 13.0. The summed E-state index contributed by atoms with van der Waals surface area (Å²) < 4.78 is 24.6. The molecule has 176 valence electrons. The van der Waals surface area contributed by atoms with Gasteiger partial charge >= 0.3 is 0 Å². The van der Waals surface area contributed by atoms with Crippen LogP contribution >= 0.6 is 58.0 Å². The smallest absolute Gasteiger partial charge is 0.252 e. The third-order valence-electron chi connectivity index (χ3n) is 5.78. The van der Waals surface area contributed by atoms with Gasteiger partial charge in [-0.3, -0.25) is 9.59 Å². The average molecular weight is 557 g/mol. The lowest BCUT2D eigenvalue weighted by Crippen LogP contribution is -2.42. The minimum Gasteiger partial charge on any atom is -0.352 e. The number of nitrogens with one attached hydrogen (secondary N) is 2. The van der Waals surface area contributed by atoms with Gasteiger partial charge in [-0.15, -0.1) is 23.2 Å². The molecule has 0 bridgehead atoms. The monoisotopic (exact) mass is 554 g/mol. The summed E-state index contributed by atoms with van der Waals surface area (Å²) in [6.45, 7) is 0.119. The summed E-state index contributed by atoms with van der Waals surface area (Å²) in [5, 5.41) is 6.26. The Bertz CT molecular complexity index is 1100. The fourth-order valence-electron chi connectivity index (χ4n) is 4.08. The number of carbonyl (C=O) groups excluding carboxylic acids is 2. The Balaban J connectivity index is 1.42. The molecule has 2 amide bonds. The Morgan fingerprint density at radius 2 is 1.64 bits per heavy atom. The van der Waals surface area contributed by atoms with E-state index in [4.69, 9.17) is 58.0 Å². The second-order valence-electron chi connectivity index (χ2n) is 8.36. The fourth-order valence-corrected chi connectivity index (χ4v) is 5.66. The van der Waals surface area contributed by atoms with E-state index < -0.39 is 33.9 Å². The molecule has 0 heterocycles. The van der Waals surface area contributed by atoms with Gasteiger partial charge in [0.05, 0.1) is 16.5 Å². The van der Waals surface area contributed by atoms with Crippen molar-refractivity contribution in [2.45, 2.75) is 29.0 Å². The average Bonchev–Trinajstić information content (AvgIpc) is 3.27. The number of hydrogen-bond acceptors (Lipinski definition) is 2. The zero-order valence-electron chi connectivity index (χ0n) is 16.8. The molecule has 2 saturated carbocycles. The van der Waals surface area contributed by atoms with Crippen molar-refractivity contribution in [2.24, 2.45) is 11.8 Å². The number of benzene rings is 2. The number of halogens is 7. The molecule has 2 unspecified atom stereocenters. The van der Waals surface area contributed by atoms with Crippen LogP contribution in [0.3, 0.4) is 0 Å². The molecular weight excluding hydrogens is 540 g/mol. The molecular formula is C22H17Cl5F2N2O2. The van der Waals surface area contributed by atoms with Gasteiger partial charge in [-0.1, -0.05) is 34.8 Å². The van der Waals surface area contributed by atoms with Gasteiger partial charge in [-0.2, -0.15) is 0 Å². The molecule has 0 aliphatic heterocycles. The van der Waals surface area contributed by atoms with E-state index in [1.165, 1.54) is 18.2 Å². The van der Waals surface area contributed by atoms with Gasteiger partial charge in [0.15, 0.2) is 0 Å².